The van der Waals surface area contributed by atoms with E-state index in [2.05, 4.69) is 14.9 Å². The molecule has 0 spiro atoms. The van der Waals surface area contributed by atoms with Crippen molar-refractivity contribution in [2.75, 3.05) is 31.5 Å². The van der Waals surface area contributed by atoms with Crippen LogP contribution in [0.15, 0.2) is 45.2 Å². The van der Waals surface area contributed by atoms with E-state index in [-0.39, 0.29) is 64.0 Å². The van der Waals surface area contributed by atoms with Crippen molar-refractivity contribution in [1.82, 2.24) is 23.9 Å². The van der Waals surface area contributed by atoms with Gasteiger partial charge in [-0.3, -0.25) is 9.52 Å². The Morgan fingerprint density at radius 3 is 2.54 bits per heavy atom. The third-order valence-electron chi connectivity index (χ3n) is 6.95. The van der Waals surface area contributed by atoms with Crippen LogP contribution in [0.25, 0.3) is 0 Å². The van der Waals surface area contributed by atoms with Crippen molar-refractivity contribution in [2.24, 2.45) is 13.0 Å². The van der Waals surface area contributed by atoms with Crippen molar-refractivity contribution in [2.45, 2.75) is 49.8 Å². The van der Waals surface area contributed by atoms with Crippen molar-refractivity contribution >= 4 is 31.6 Å². The molecule has 3 aromatic rings. The number of aromatic nitrogens is 3. The predicted octanol–water partition coefficient (Wildman–Crippen LogP) is 1.37. The molecule has 0 radical (unpaired) electrons. The smallest absolute Gasteiger partial charge is 0.280 e. The number of carbonyl (C=O) groups excluding carboxylic acids is 1. The third kappa shape index (κ3) is 6.10. The first kappa shape index (κ1) is 30.5. The SMILES string of the molecule is Cc1noc(C)c1S(=O)(=O)N(C)C[C@H]1Oc2ccc(NS(=O)(=O)c3cn(C)cn3)cc2C(=O)N([C@@H](C)CO)C[C@H]1C. The number of fused-ring (bicyclic) bond motifs is 1. The van der Waals surface area contributed by atoms with Gasteiger partial charge in [-0.15, -0.1) is 0 Å². The van der Waals surface area contributed by atoms with Gasteiger partial charge in [-0.05, 0) is 39.0 Å². The first-order chi connectivity index (χ1) is 19.1. The largest absolute Gasteiger partial charge is 0.488 e. The molecule has 0 aliphatic carbocycles. The van der Waals surface area contributed by atoms with E-state index < -0.39 is 38.1 Å². The van der Waals surface area contributed by atoms with Gasteiger partial charge in [0.1, 0.15) is 22.4 Å². The Labute approximate surface area is 239 Å². The minimum atomic E-state index is -4.04. The Hall–Kier alpha value is -3.47. The molecule has 1 aromatic carbocycles. The molecule has 0 bridgehead atoms. The number of nitrogens with one attached hydrogen (secondary N) is 1. The van der Waals surface area contributed by atoms with E-state index in [9.17, 15) is 26.7 Å². The number of imidazole rings is 1. The highest BCUT2D eigenvalue weighted by Gasteiger charge is 2.37. The maximum absolute atomic E-state index is 13.7. The lowest BCUT2D eigenvalue weighted by Crippen LogP contribution is -2.50. The summed E-state index contributed by atoms with van der Waals surface area (Å²) >= 11 is 0. The monoisotopic (exact) mass is 610 g/mol. The van der Waals surface area contributed by atoms with Gasteiger partial charge in [-0.25, -0.2) is 13.4 Å². The highest BCUT2D eigenvalue weighted by molar-refractivity contribution is 7.92. The first-order valence-electron chi connectivity index (χ1n) is 12.8. The van der Waals surface area contributed by atoms with Gasteiger partial charge in [0, 0.05) is 38.4 Å². The topological polar surface area (TPSA) is 177 Å². The Balaban J connectivity index is 1.69. The number of carbonyl (C=O) groups is 1. The summed E-state index contributed by atoms with van der Waals surface area (Å²) in [7, 11) is -4.96. The first-order valence-corrected chi connectivity index (χ1v) is 15.7. The molecule has 0 unspecified atom stereocenters. The Morgan fingerprint density at radius 2 is 1.95 bits per heavy atom. The fourth-order valence-corrected chi connectivity index (χ4v) is 7.09. The fourth-order valence-electron chi connectivity index (χ4n) is 4.59. The highest BCUT2D eigenvalue weighted by Crippen LogP contribution is 2.32. The van der Waals surface area contributed by atoms with Crippen LogP contribution in [-0.4, -0.2) is 90.7 Å². The second-order valence-electron chi connectivity index (χ2n) is 10.3. The van der Waals surface area contributed by atoms with Gasteiger partial charge in [0.25, 0.3) is 15.9 Å². The molecule has 0 saturated carbocycles. The highest BCUT2D eigenvalue weighted by atomic mass is 32.2. The molecule has 3 atom stereocenters. The van der Waals surface area contributed by atoms with E-state index in [4.69, 9.17) is 9.26 Å². The van der Waals surface area contributed by atoms with Crippen molar-refractivity contribution in [1.29, 1.82) is 0 Å². The molecule has 2 aromatic heterocycles. The van der Waals surface area contributed by atoms with Gasteiger partial charge in [0.15, 0.2) is 10.8 Å². The van der Waals surface area contributed by atoms with Crippen LogP contribution >= 0.6 is 0 Å². The minimum absolute atomic E-state index is 0.0190. The molecule has 14 nitrogen and oxygen atoms in total. The maximum atomic E-state index is 13.7. The maximum Gasteiger partial charge on any atom is 0.280 e. The van der Waals surface area contributed by atoms with Gasteiger partial charge in [-0.1, -0.05) is 12.1 Å². The molecule has 1 aliphatic rings. The summed E-state index contributed by atoms with van der Waals surface area (Å²) in [5.41, 5.74) is 0.395. The molecule has 16 heteroatoms. The predicted molar refractivity (Wildman–Crippen MR) is 147 cm³/mol. The van der Waals surface area contributed by atoms with Crippen LogP contribution in [0.2, 0.25) is 0 Å². The fraction of sp³-hybridized carbons (Fsp3) is 0.480. The number of sulfonamides is 2. The molecular weight excluding hydrogens is 576 g/mol. The van der Waals surface area contributed by atoms with Crippen molar-refractivity contribution < 1.29 is 36.0 Å². The van der Waals surface area contributed by atoms with E-state index in [1.807, 2.05) is 6.92 Å². The summed E-state index contributed by atoms with van der Waals surface area (Å²) in [6.45, 7) is 6.33. The Morgan fingerprint density at radius 1 is 1.24 bits per heavy atom. The van der Waals surface area contributed by atoms with Crippen LogP contribution < -0.4 is 9.46 Å². The van der Waals surface area contributed by atoms with Gasteiger partial charge in [-0.2, -0.15) is 12.7 Å². The Kier molecular flexibility index (Phi) is 8.50. The zero-order chi connectivity index (χ0) is 30.3. The van der Waals surface area contributed by atoms with E-state index in [0.717, 1.165) is 4.31 Å². The molecule has 1 amide bonds. The zero-order valence-electron chi connectivity index (χ0n) is 23.6. The summed E-state index contributed by atoms with van der Waals surface area (Å²) in [4.78, 5) is 19.0. The van der Waals surface area contributed by atoms with Gasteiger partial charge in [0.2, 0.25) is 10.0 Å². The van der Waals surface area contributed by atoms with Crippen molar-refractivity contribution in [3.63, 3.8) is 0 Å². The van der Waals surface area contributed by atoms with Crippen LogP contribution in [0.1, 0.15) is 35.7 Å². The van der Waals surface area contributed by atoms with Gasteiger partial charge >= 0.3 is 0 Å². The lowest BCUT2D eigenvalue weighted by molar-refractivity contribution is 0.0387. The molecule has 4 rings (SSSR count). The number of ether oxygens (including phenoxy) is 1. The lowest BCUT2D eigenvalue weighted by Gasteiger charge is -2.38. The molecule has 224 valence electrons. The third-order valence-corrected chi connectivity index (χ3v) is 10.3. The summed E-state index contributed by atoms with van der Waals surface area (Å²) in [6.07, 6.45) is 1.98. The van der Waals surface area contributed by atoms with E-state index in [0.29, 0.717) is 0 Å². The van der Waals surface area contributed by atoms with Gasteiger partial charge in [0.05, 0.1) is 31.1 Å². The van der Waals surface area contributed by atoms with Crippen molar-refractivity contribution in [3.05, 3.63) is 47.7 Å². The second kappa shape index (κ2) is 11.4. The molecule has 2 N–H and O–H groups in total. The summed E-state index contributed by atoms with van der Waals surface area (Å²) in [5, 5.41) is 13.4. The van der Waals surface area contributed by atoms with E-state index >= 15 is 0 Å². The number of aryl methyl sites for hydroxylation is 3. The van der Waals surface area contributed by atoms with Crippen LogP contribution in [0, 0.1) is 19.8 Å². The lowest BCUT2D eigenvalue weighted by atomic mass is 9.99. The molecule has 41 heavy (non-hydrogen) atoms. The number of anilines is 1. The van der Waals surface area contributed by atoms with Crippen LogP contribution in [-0.2, 0) is 27.1 Å². The van der Waals surface area contributed by atoms with Gasteiger partial charge < -0.3 is 23.8 Å². The summed E-state index contributed by atoms with van der Waals surface area (Å²) < 4.78 is 68.8. The number of aliphatic hydroxyl groups excluding tert-OH is 1. The molecule has 1 aliphatic heterocycles. The quantitative estimate of drug-likeness (QED) is 0.360. The summed E-state index contributed by atoms with van der Waals surface area (Å²) in [5.74, 6) is -0.514. The zero-order valence-corrected chi connectivity index (χ0v) is 25.2. The van der Waals surface area contributed by atoms with Crippen LogP contribution in [0.5, 0.6) is 5.75 Å². The Bertz CT molecular complexity index is 1630. The standard InChI is InChI=1S/C25H34N6O8S2/c1-15-10-31(16(2)13-32)25(33)20-9-19(28-40(34,35)23-12-29(5)14-26-23)7-8-21(20)38-22(15)11-30(6)41(36,37)24-17(3)27-39-18(24)4/h7-9,12,14-16,22,28,32H,10-11,13H2,1-6H3/t15-,16+,22-/m1/s1. The number of rotatable bonds is 9. The number of likely N-dealkylation sites (N-methyl/N-ethyl adjacent to an activating group) is 1. The normalized spacial score (nSPS) is 18.9. The molecule has 3 heterocycles. The van der Waals surface area contributed by atoms with E-state index in [1.54, 1.807) is 20.9 Å². The average molecular weight is 611 g/mol. The number of nitrogens with zero attached hydrogens (tertiary/aromatic N) is 5. The van der Waals surface area contributed by atoms with Crippen LogP contribution in [0.3, 0.4) is 0 Å². The number of benzene rings is 1. The molecular formula is C25H34N6O8S2. The van der Waals surface area contributed by atoms with E-state index in [1.165, 1.54) is 54.2 Å². The summed E-state index contributed by atoms with van der Waals surface area (Å²) in [6, 6.07) is 3.68. The second-order valence-corrected chi connectivity index (χ2v) is 13.9. The van der Waals surface area contributed by atoms with Crippen LogP contribution in [0.4, 0.5) is 5.69 Å². The number of aliphatic hydroxyl groups is 1. The number of hydrogen-bond acceptors (Lipinski definition) is 10. The molecule has 0 fully saturated rings. The number of amides is 1. The number of hydrogen-bond donors (Lipinski definition) is 2. The van der Waals surface area contributed by atoms with Crippen molar-refractivity contribution in [3.8, 4) is 5.75 Å². The average Bonchev–Trinajstić information content (AvgIpc) is 3.50. The molecule has 0 saturated heterocycles. The minimum Gasteiger partial charge on any atom is -0.488 e.